The van der Waals surface area contributed by atoms with Crippen molar-refractivity contribution in [1.29, 1.82) is 0 Å². The van der Waals surface area contributed by atoms with Gasteiger partial charge in [-0.2, -0.15) is 13.2 Å². The van der Waals surface area contributed by atoms with Gasteiger partial charge < -0.3 is 10.3 Å². The highest BCUT2D eigenvalue weighted by molar-refractivity contribution is 6.31. The zero-order valence-electron chi connectivity index (χ0n) is 13.5. The molecule has 0 fully saturated rings. The summed E-state index contributed by atoms with van der Waals surface area (Å²) in [6, 6.07) is 11.7. The molecule has 27 heavy (non-hydrogen) atoms. The number of alkyl halides is 3. The van der Waals surface area contributed by atoms with E-state index in [1.54, 1.807) is 30.3 Å². The number of aromatic nitrogens is 2. The number of carbonyl (C=O) groups is 1. The van der Waals surface area contributed by atoms with Crippen LogP contribution in [0.1, 0.15) is 15.9 Å². The van der Waals surface area contributed by atoms with Crippen molar-refractivity contribution in [3.63, 3.8) is 0 Å². The first kappa shape index (κ1) is 18.7. The molecule has 3 aromatic rings. The normalized spacial score (nSPS) is 11.3. The first-order chi connectivity index (χ1) is 12.8. The fourth-order valence-corrected chi connectivity index (χ4v) is 2.54. The van der Waals surface area contributed by atoms with E-state index < -0.39 is 28.2 Å². The fourth-order valence-electron chi connectivity index (χ4n) is 2.32. The molecule has 0 aliphatic rings. The van der Waals surface area contributed by atoms with E-state index in [0.717, 1.165) is 12.3 Å². The predicted molar refractivity (Wildman–Crippen MR) is 94.7 cm³/mol. The van der Waals surface area contributed by atoms with Crippen LogP contribution in [-0.4, -0.2) is 15.9 Å². The molecule has 0 bridgehead atoms. The molecule has 1 heterocycles. The fraction of sp³-hybridized carbons (Fsp3) is 0.0556. The quantitative estimate of drug-likeness (QED) is 0.694. The maximum Gasteiger partial charge on any atom is 0.417 e. The summed E-state index contributed by atoms with van der Waals surface area (Å²) in [6.45, 7) is 0. The van der Waals surface area contributed by atoms with Crippen LogP contribution in [0.15, 0.2) is 59.5 Å². The van der Waals surface area contributed by atoms with E-state index in [2.05, 4.69) is 15.3 Å². The summed E-state index contributed by atoms with van der Waals surface area (Å²) >= 11 is 5.54. The third kappa shape index (κ3) is 4.17. The molecule has 9 heteroatoms. The van der Waals surface area contributed by atoms with E-state index in [-0.39, 0.29) is 17.1 Å². The van der Waals surface area contributed by atoms with Crippen LogP contribution in [0.5, 0.6) is 0 Å². The molecule has 2 N–H and O–H groups in total. The molecule has 3 rings (SSSR count). The van der Waals surface area contributed by atoms with Gasteiger partial charge in [-0.25, -0.2) is 4.98 Å². The molecule has 0 aliphatic carbocycles. The lowest BCUT2D eigenvalue weighted by atomic mass is 10.2. The second-order valence-corrected chi connectivity index (χ2v) is 5.89. The Balaban J connectivity index is 1.86. The number of carbonyl (C=O) groups excluding carboxylic acids is 1. The zero-order chi connectivity index (χ0) is 19.6. The van der Waals surface area contributed by atoms with Crippen LogP contribution in [-0.2, 0) is 6.18 Å². The third-order valence-electron chi connectivity index (χ3n) is 3.62. The molecule has 0 aliphatic heterocycles. The van der Waals surface area contributed by atoms with E-state index in [1.165, 1.54) is 6.07 Å². The van der Waals surface area contributed by atoms with Gasteiger partial charge >= 0.3 is 6.18 Å². The summed E-state index contributed by atoms with van der Waals surface area (Å²) in [5, 5.41) is 1.75. The van der Waals surface area contributed by atoms with Crippen LogP contribution in [0.2, 0.25) is 5.02 Å². The van der Waals surface area contributed by atoms with E-state index in [4.69, 9.17) is 11.6 Å². The van der Waals surface area contributed by atoms with Crippen molar-refractivity contribution in [3.05, 3.63) is 81.2 Å². The lowest BCUT2D eigenvalue weighted by Gasteiger charge is -2.11. The number of benzene rings is 2. The van der Waals surface area contributed by atoms with Crippen molar-refractivity contribution in [1.82, 2.24) is 9.97 Å². The molecule has 0 saturated carbocycles. The molecule has 0 radical (unpaired) electrons. The Morgan fingerprint density at radius 3 is 2.44 bits per heavy atom. The molecular weight excluding hydrogens is 383 g/mol. The number of halogens is 4. The highest BCUT2D eigenvalue weighted by Gasteiger charge is 2.33. The number of rotatable bonds is 3. The summed E-state index contributed by atoms with van der Waals surface area (Å²) < 4.78 is 38.7. The highest BCUT2D eigenvalue weighted by Crippen LogP contribution is 2.36. The van der Waals surface area contributed by atoms with Crippen LogP contribution in [0.3, 0.4) is 0 Å². The number of H-pyrrole nitrogens is 1. The highest BCUT2D eigenvalue weighted by atomic mass is 35.5. The predicted octanol–water partition coefficient (Wildman–Crippen LogP) is 4.36. The summed E-state index contributed by atoms with van der Waals surface area (Å²) in [7, 11) is 0. The van der Waals surface area contributed by atoms with E-state index in [0.29, 0.717) is 11.6 Å². The van der Waals surface area contributed by atoms with Gasteiger partial charge in [0.2, 0.25) is 0 Å². The Morgan fingerprint density at radius 2 is 1.81 bits per heavy atom. The average Bonchev–Trinajstić information content (AvgIpc) is 2.63. The maximum absolute atomic E-state index is 12.9. The minimum atomic E-state index is -4.67. The van der Waals surface area contributed by atoms with E-state index in [1.807, 2.05) is 0 Å². The van der Waals surface area contributed by atoms with Gasteiger partial charge in [0.1, 0.15) is 11.4 Å². The van der Waals surface area contributed by atoms with Gasteiger partial charge in [-0.1, -0.05) is 41.9 Å². The second-order valence-electron chi connectivity index (χ2n) is 5.49. The van der Waals surface area contributed by atoms with Crippen LogP contribution in [0.25, 0.3) is 11.4 Å². The number of anilines is 1. The summed E-state index contributed by atoms with van der Waals surface area (Å²) in [5.74, 6) is -0.623. The molecule has 0 spiro atoms. The smallest absolute Gasteiger partial charge is 0.322 e. The van der Waals surface area contributed by atoms with Gasteiger partial charge in [0.05, 0.1) is 10.6 Å². The van der Waals surface area contributed by atoms with Gasteiger partial charge in [0.25, 0.3) is 11.5 Å². The van der Waals surface area contributed by atoms with Crippen molar-refractivity contribution in [2.75, 3.05) is 5.32 Å². The van der Waals surface area contributed by atoms with Crippen LogP contribution < -0.4 is 10.9 Å². The number of hydrogen-bond acceptors (Lipinski definition) is 3. The Bertz CT molecular complexity index is 1050. The first-order valence-corrected chi connectivity index (χ1v) is 7.96. The van der Waals surface area contributed by atoms with Crippen molar-refractivity contribution >= 4 is 23.2 Å². The second kappa shape index (κ2) is 7.24. The molecule has 1 amide bonds. The van der Waals surface area contributed by atoms with Gasteiger partial charge in [-0.05, 0) is 18.2 Å². The Labute approximate surface area is 155 Å². The lowest BCUT2D eigenvalue weighted by molar-refractivity contribution is -0.137. The van der Waals surface area contributed by atoms with Gasteiger partial charge in [-0.15, -0.1) is 0 Å². The Morgan fingerprint density at radius 1 is 1.11 bits per heavy atom. The average molecular weight is 394 g/mol. The third-order valence-corrected chi connectivity index (χ3v) is 3.95. The molecule has 0 saturated heterocycles. The van der Waals surface area contributed by atoms with Crippen LogP contribution in [0, 0.1) is 0 Å². The van der Waals surface area contributed by atoms with Gasteiger partial charge in [0, 0.05) is 17.4 Å². The number of nitrogens with one attached hydrogen (secondary N) is 2. The summed E-state index contributed by atoms with van der Waals surface area (Å²) in [4.78, 5) is 30.9. The minimum absolute atomic E-state index is 0.150. The summed E-state index contributed by atoms with van der Waals surface area (Å²) in [5.41, 5.74) is -1.64. The minimum Gasteiger partial charge on any atom is -0.322 e. The van der Waals surface area contributed by atoms with Gasteiger partial charge in [-0.3, -0.25) is 9.59 Å². The SMILES string of the molecule is O=C(Nc1ccc(Cl)c(C(F)(F)F)c1)c1cnc(-c2ccccc2)[nH]c1=O. The molecular formula is C18H11ClF3N3O2. The largest absolute Gasteiger partial charge is 0.417 e. The van der Waals surface area contributed by atoms with Crippen molar-refractivity contribution in [2.24, 2.45) is 0 Å². The summed E-state index contributed by atoms with van der Waals surface area (Å²) in [6.07, 6.45) is -3.61. The number of aromatic amines is 1. The monoisotopic (exact) mass is 393 g/mol. The molecule has 0 atom stereocenters. The topological polar surface area (TPSA) is 74.8 Å². The van der Waals surface area contributed by atoms with Gasteiger partial charge in [0.15, 0.2) is 0 Å². The molecule has 2 aromatic carbocycles. The molecule has 5 nitrogen and oxygen atoms in total. The standard InChI is InChI=1S/C18H11ClF3N3O2/c19-14-7-6-11(8-13(14)18(20,21)22)24-16(26)12-9-23-15(25-17(12)27)10-4-2-1-3-5-10/h1-9H,(H,24,26)(H,23,25,27). The van der Waals surface area contributed by atoms with Crippen molar-refractivity contribution < 1.29 is 18.0 Å². The molecule has 0 unspecified atom stereocenters. The molecule has 138 valence electrons. The maximum atomic E-state index is 12.9. The van der Waals surface area contributed by atoms with Crippen LogP contribution >= 0.6 is 11.6 Å². The number of hydrogen-bond donors (Lipinski definition) is 2. The lowest BCUT2D eigenvalue weighted by Crippen LogP contribution is -2.24. The van der Waals surface area contributed by atoms with E-state index in [9.17, 15) is 22.8 Å². The zero-order valence-corrected chi connectivity index (χ0v) is 14.2. The number of amides is 1. The Kier molecular flexibility index (Phi) is 5.00. The molecule has 1 aromatic heterocycles. The van der Waals surface area contributed by atoms with Crippen molar-refractivity contribution in [3.8, 4) is 11.4 Å². The van der Waals surface area contributed by atoms with Crippen molar-refractivity contribution in [2.45, 2.75) is 6.18 Å². The van der Waals surface area contributed by atoms with Crippen LogP contribution in [0.4, 0.5) is 18.9 Å². The van der Waals surface area contributed by atoms with E-state index >= 15 is 0 Å². The first-order valence-electron chi connectivity index (χ1n) is 7.58. The Hall–Kier alpha value is -3.13. The number of nitrogens with zero attached hydrogens (tertiary/aromatic N) is 1.